The molecule has 1 aromatic heterocycles. The van der Waals surface area contributed by atoms with Crippen LogP contribution in [0.25, 0.3) is 0 Å². The average molecular weight is 346 g/mol. The minimum Gasteiger partial charge on any atom is -0.381 e. The van der Waals surface area contributed by atoms with Crippen molar-refractivity contribution >= 4 is 11.7 Å². The number of piperidine rings is 1. The molecule has 1 N–H and O–H groups in total. The van der Waals surface area contributed by atoms with Crippen LogP contribution in [0.1, 0.15) is 39.5 Å². The molecule has 2 aliphatic rings. The summed E-state index contributed by atoms with van der Waals surface area (Å²) in [7, 11) is 0. The van der Waals surface area contributed by atoms with E-state index in [9.17, 15) is 4.79 Å². The molecule has 0 bridgehead atoms. The Balaban J connectivity index is 1.45. The third-order valence-corrected chi connectivity index (χ3v) is 5.78. The monoisotopic (exact) mass is 346 g/mol. The highest BCUT2D eigenvalue weighted by molar-refractivity contribution is 5.79. The van der Waals surface area contributed by atoms with Gasteiger partial charge in [-0.05, 0) is 37.0 Å². The van der Waals surface area contributed by atoms with E-state index in [1.54, 1.807) is 18.6 Å². The van der Waals surface area contributed by atoms with Gasteiger partial charge in [0.05, 0.1) is 6.20 Å². The minimum absolute atomic E-state index is 0.110. The van der Waals surface area contributed by atoms with Gasteiger partial charge in [-0.15, -0.1) is 0 Å². The van der Waals surface area contributed by atoms with Crippen LogP contribution in [0.4, 0.5) is 5.82 Å². The fourth-order valence-electron chi connectivity index (χ4n) is 3.91. The van der Waals surface area contributed by atoms with Gasteiger partial charge in [-0.25, -0.2) is 4.98 Å². The van der Waals surface area contributed by atoms with Gasteiger partial charge in [0.2, 0.25) is 5.91 Å². The molecule has 0 aromatic carbocycles. The van der Waals surface area contributed by atoms with Crippen LogP contribution >= 0.6 is 0 Å². The molecule has 2 aliphatic heterocycles. The SMILES string of the molecule is CC(C)(CNC(=O)C1CCN(c2cnccn2)CC1)C1CCOCC1. The molecule has 2 saturated heterocycles. The summed E-state index contributed by atoms with van der Waals surface area (Å²) in [5.41, 5.74) is 0.125. The second-order valence-corrected chi connectivity index (χ2v) is 7.92. The lowest BCUT2D eigenvalue weighted by atomic mass is 9.74. The molecular weight excluding hydrogens is 316 g/mol. The van der Waals surface area contributed by atoms with Crippen LogP contribution in [0.5, 0.6) is 0 Å². The molecule has 138 valence electrons. The first-order valence-corrected chi connectivity index (χ1v) is 9.43. The van der Waals surface area contributed by atoms with Crippen molar-refractivity contribution in [2.75, 3.05) is 37.7 Å². The normalized spacial score (nSPS) is 20.5. The zero-order chi connectivity index (χ0) is 17.7. The summed E-state index contributed by atoms with van der Waals surface area (Å²) < 4.78 is 5.46. The van der Waals surface area contributed by atoms with E-state index in [-0.39, 0.29) is 17.2 Å². The first kappa shape index (κ1) is 18.1. The Labute approximate surface area is 150 Å². The van der Waals surface area contributed by atoms with Crippen LogP contribution < -0.4 is 10.2 Å². The number of amides is 1. The average Bonchev–Trinajstić information content (AvgIpc) is 2.68. The first-order valence-electron chi connectivity index (χ1n) is 9.43. The Bertz CT molecular complexity index is 550. The number of carbonyl (C=O) groups is 1. The highest BCUT2D eigenvalue weighted by Gasteiger charge is 2.32. The molecule has 3 heterocycles. The van der Waals surface area contributed by atoms with Crippen LogP contribution in [-0.2, 0) is 9.53 Å². The summed E-state index contributed by atoms with van der Waals surface area (Å²) in [6.07, 6.45) is 9.13. The number of hydrogen-bond acceptors (Lipinski definition) is 5. The lowest BCUT2D eigenvalue weighted by Gasteiger charge is -2.38. The second kappa shape index (κ2) is 8.13. The molecule has 0 unspecified atom stereocenters. The Morgan fingerprint density at radius 3 is 2.60 bits per heavy atom. The van der Waals surface area contributed by atoms with Crippen molar-refractivity contribution in [3.8, 4) is 0 Å². The van der Waals surface area contributed by atoms with Gasteiger partial charge in [-0.1, -0.05) is 13.8 Å². The standard InChI is InChI=1S/C19H30N4O2/c1-19(2,16-5-11-25-12-6-16)14-22-18(24)15-3-9-23(10-4-15)17-13-20-7-8-21-17/h7-8,13,15-16H,3-6,9-12,14H2,1-2H3,(H,22,24). The van der Waals surface area contributed by atoms with E-state index in [0.717, 1.165) is 64.3 Å². The number of aromatic nitrogens is 2. The maximum atomic E-state index is 12.6. The highest BCUT2D eigenvalue weighted by atomic mass is 16.5. The number of ether oxygens (including phenoxy) is 1. The van der Waals surface area contributed by atoms with Crippen molar-refractivity contribution in [2.45, 2.75) is 39.5 Å². The molecule has 6 nitrogen and oxygen atoms in total. The summed E-state index contributed by atoms with van der Waals surface area (Å²) in [4.78, 5) is 23.3. The van der Waals surface area contributed by atoms with Crippen LogP contribution in [-0.4, -0.2) is 48.7 Å². The van der Waals surface area contributed by atoms with Crippen molar-refractivity contribution in [3.05, 3.63) is 18.6 Å². The summed E-state index contributed by atoms with van der Waals surface area (Å²) in [6, 6.07) is 0. The third-order valence-electron chi connectivity index (χ3n) is 5.78. The van der Waals surface area contributed by atoms with E-state index < -0.39 is 0 Å². The molecule has 1 amide bonds. The highest BCUT2D eigenvalue weighted by Crippen LogP contribution is 2.34. The molecule has 0 radical (unpaired) electrons. The maximum Gasteiger partial charge on any atom is 0.223 e. The van der Waals surface area contributed by atoms with Crippen molar-refractivity contribution in [3.63, 3.8) is 0 Å². The Hall–Kier alpha value is -1.69. The predicted octanol–water partition coefficient (Wildman–Crippen LogP) is 2.26. The molecule has 0 spiro atoms. The number of hydrogen-bond donors (Lipinski definition) is 1. The Kier molecular flexibility index (Phi) is 5.89. The maximum absolute atomic E-state index is 12.6. The second-order valence-electron chi connectivity index (χ2n) is 7.92. The van der Waals surface area contributed by atoms with E-state index in [1.165, 1.54) is 0 Å². The Morgan fingerprint density at radius 2 is 1.96 bits per heavy atom. The van der Waals surface area contributed by atoms with Crippen LogP contribution in [0, 0.1) is 17.3 Å². The summed E-state index contributed by atoms with van der Waals surface area (Å²) in [6.45, 7) is 8.70. The van der Waals surface area contributed by atoms with Crippen molar-refractivity contribution in [1.82, 2.24) is 15.3 Å². The van der Waals surface area contributed by atoms with Gasteiger partial charge in [0.15, 0.2) is 0 Å². The molecular formula is C19H30N4O2. The summed E-state index contributed by atoms with van der Waals surface area (Å²) >= 11 is 0. The van der Waals surface area contributed by atoms with E-state index in [1.807, 2.05) is 0 Å². The van der Waals surface area contributed by atoms with E-state index in [0.29, 0.717) is 5.92 Å². The lowest BCUT2D eigenvalue weighted by molar-refractivity contribution is -0.126. The van der Waals surface area contributed by atoms with Crippen molar-refractivity contribution in [2.24, 2.45) is 17.3 Å². The third kappa shape index (κ3) is 4.69. The van der Waals surface area contributed by atoms with Gasteiger partial charge in [0.25, 0.3) is 0 Å². The van der Waals surface area contributed by atoms with Gasteiger partial charge in [0, 0.05) is 51.2 Å². The lowest BCUT2D eigenvalue weighted by Crippen LogP contribution is -2.45. The molecule has 1 aromatic rings. The van der Waals surface area contributed by atoms with Crippen molar-refractivity contribution in [1.29, 1.82) is 0 Å². The summed E-state index contributed by atoms with van der Waals surface area (Å²) in [5, 5.41) is 3.22. The molecule has 0 atom stereocenters. The number of rotatable bonds is 5. The van der Waals surface area contributed by atoms with Gasteiger partial charge in [-0.2, -0.15) is 0 Å². The predicted molar refractivity (Wildman–Crippen MR) is 97.3 cm³/mol. The minimum atomic E-state index is 0.110. The molecule has 6 heteroatoms. The van der Waals surface area contributed by atoms with Gasteiger partial charge < -0.3 is 15.0 Å². The fourth-order valence-corrected chi connectivity index (χ4v) is 3.91. The first-order chi connectivity index (χ1) is 12.1. The van der Waals surface area contributed by atoms with E-state index >= 15 is 0 Å². The summed E-state index contributed by atoms with van der Waals surface area (Å²) in [5.74, 6) is 1.85. The number of anilines is 1. The van der Waals surface area contributed by atoms with Crippen molar-refractivity contribution < 1.29 is 9.53 Å². The zero-order valence-electron chi connectivity index (χ0n) is 15.4. The molecule has 0 saturated carbocycles. The van der Waals surface area contributed by atoms with Gasteiger partial charge in [-0.3, -0.25) is 9.78 Å². The number of nitrogens with one attached hydrogen (secondary N) is 1. The number of carbonyl (C=O) groups excluding carboxylic acids is 1. The van der Waals surface area contributed by atoms with Crippen LogP contribution in [0.15, 0.2) is 18.6 Å². The molecule has 2 fully saturated rings. The fraction of sp³-hybridized carbons (Fsp3) is 0.737. The molecule has 0 aliphatic carbocycles. The van der Waals surface area contributed by atoms with E-state index in [2.05, 4.69) is 34.0 Å². The number of nitrogens with zero attached hydrogens (tertiary/aromatic N) is 3. The molecule has 25 heavy (non-hydrogen) atoms. The van der Waals surface area contributed by atoms with Crippen LogP contribution in [0.3, 0.4) is 0 Å². The topological polar surface area (TPSA) is 67.4 Å². The van der Waals surface area contributed by atoms with Crippen LogP contribution in [0.2, 0.25) is 0 Å². The largest absolute Gasteiger partial charge is 0.381 e. The quantitative estimate of drug-likeness (QED) is 0.886. The van der Waals surface area contributed by atoms with Gasteiger partial charge >= 0.3 is 0 Å². The molecule has 3 rings (SSSR count). The smallest absolute Gasteiger partial charge is 0.223 e. The van der Waals surface area contributed by atoms with E-state index in [4.69, 9.17) is 4.74 Å². The Morgan fingerprint density at radius 1 is 1.24 bits per heavy atom. The van der Waals surface area contributed by atoms with Gasteiger partial charge in [0.1, 0.15) is 5.82 Å². The zero-order valence-corrected chi connectivity index (χ0v) is 15.4.